The molecule has 27 heavy (non-hydrogen) atoms. The van der Waals surface area contributed by atoms with E-state index < -0.39 is 0 Å². The third kappa shape index (κ3) is 3.43. The topological polar surface area (TPSA) is 15.6 Å². The van der Waals surface area contributed by atoms with Crippen LogP contribution in [0.2, 0.25) is 0 Å². The van der Waals surface area contributed by atoms with Crippen LogP contribution in [0.1, 0.15) is 19.4 Å². The zero-order valence-electron chi connectivity index (χ0n) is 15.9. The van der Waals surface area contributed by atoms with Gasteiger partial charge in [0.15, 0.2) is 0 Å². The number of anilines is 1. The first-order valence-electron chi connectivity index (χ1n) is 9.59. The summed E-state index contributed by atoms with van der Waals surface area (Å²) in [5, 5.41) is 4.96. The first-order valence-corrected chi connectivity index (χ1v) is 9.59. The normalized spacial score (nSPS) is 11.5. The number of hydrogen-bond acceptors (Lipinski definition) is 2. The van der Waals surface area contributed by atoms with E-state index in [1.165, 1.54) is 32.8 Å². The summed E-state index contributed by atoms with van der Waals surface area (Å²) in [5.74, 6) is 0. The van der Waals surface area contributed by atoms with Gasteiger partial charge in [-0.2, -0.15) is 0 Å². The summed E-state index contributed by atoms with van der Waals surface area (Å²) in [4.78, 5) is 7.12. The number of aliphatic imine (C=N–C) groups is 1. The van der Waals surface area contributed by atoms with Gasteiger partial charge in [-0.3, -0.25) is 4.99 Å². The van der Waals surface area contributed by atoms with E-state index in [0.29, 0.717) is 0 Å². The van der Waals surface area contributed by atoms with Gasteiger partial charge in [-0.25, -0.2) is 0 Å². The van der Waals surface area contributed by atoms with Crippen molar-refractivity contribution in [1.82, 2.24) is 0 Å². The zero-order valence-corrected chi connectivity index (χ0v) is 15.9. The summed E-state index contributed by atoms with van der Waals surface area (Å²) >= 11 is 0. The lowest BCUT2D eigenvalue weighted by atomic mass is 9.97. The summed E-state index contributed by atoms with van der Waals surface area (Å²) in [5.41, 5.74) is 3.40. The summed E-state index contributed by atoms with van der Waals surface area (Å²) in [6.45, 7) is 6.39. The average Bonchev–Trinajstić information content (AvgIpc) is 2.73. The van der Waals surface area contributed by atoms with Crippen LogP contribution in [0, 0.1) is 0 Å². The molecule has 0 atom stereocenters. The van der Waals surface area contributed by atoms with Gasteiger partial charge in [0.2, 0.25) is 0 Å². The van der Waals surface area contributed by atoms with Gasteiger partial charge in [-0.15, -0.1) is 0 Å². The molecule has 0 radical (unpaired) electrons. The SMILES string of the molecule is CCN(CC)c1ccc(N=Cc2c3ccccc3cc3ccccc23)cc1. The monoisotopic (exact) mass is 352 g/mol. The lowest BCUT2D eigenvalue weighted by Gasteiger charge is -2.20. The van der Waals surface area contributed by atoms with Crippen LogP contribution in [0.3, 0.4) is 0 Å². The highest BCUT2D eigenvalue weighted by Gasteiger charge is 2.05. The predicted molar refractivity (Wildman–Crippen MR) is 119 cm³/mol. The molecule has 2 nitrogen and oxygen atoms in total. The van der Waals surface area contributed by atoms with Crippen molar-refractivity contribution in [2.24, 2.45) is 4.99 Å². The second-order valence-corrected chi connectivity index (χ2v) is 6.68. The lowest BCUT2D eigenvalue weighted by molar-refractivity contribution is 0.866. The molecule has 0 saturated carbocycles. The Morgan fingerprint density at radius 2 is 1.30 bits per heavy atom. The molecule has 0 aromatic heterocycles. The van der Waals surface area contributed by atoms with Crippen molar-refractivity contribution in [3.63, 3.8) is 0 Å². The van der Waals surface area contributed by atoms with Gasteiger partial charge < -0.3 is 4.90 Å². The van der Waals surface area contributed by atoms with Crippen molar-refractivity contribution < 1.29 is 0 Å². The van der Waals surface area contributed by atoms with Crippen LogP contribution in [-0.4, -0.2) is 19.3 Å². The zero-order chi connectivity index (χ0) is 18.6. The Kier molecular flexibility index (Phi) is 4.88. The molecule has 0 aliphatic heterocycles. The van der Waals surface area contributed by atoms with Gasteiger partial charge in [-0.1, -0.05) is 48.5 Å². The van der Waals surface area contributed by atoms with Gasteiger partial charge in [0.1, 0.15) is 0 Å². The molecule has 0 spiro atoms. The van der Waals surface area contributed by atoms with Crippen molar-refractivity contribution in [1.29, 1.82) is 0 Å². The maximum atomic E-state index is 4.79. The van der Waals surface area contributed by atoms with E-state index in [4.69, 9.17) is 4.99 Å². The largest absolute Gasteiger partial charge is 0.372 e. The van der Waals surface area contributed by atoms with Crippen molar-refractivity contribution in [3.8, 4) is 0 Å². The second kappa shape index (κ2) is 7.63. The molecular weight excluding hydrogens is 328 g/mol. The number of hydrogen-bond donors (Lipinski definition) is 0. The van der Waals surface area contributed by atoms with Crippen LogP contribution in [0.5, 0.6) is 0 Å². The highest BCUT2D eigenvalue weighted by atomic mass is 15.1. The minimum absolute atomic E-state index is 0.975. The van der Waals surface area contributed by atoms with E-state index in [-0.39, 0.29) is 0 Å². The lowest BCUT2D eigenvalue weighted by Crippen LogP contribution is -2.21. The van der Waals surface area contributed by atoms with Gasteiger partial charge in [0.25, 0.3) is 0 Å². The Bertz CT molecular complexity index is 1040. The standard InChI is InChI=1S/C25H24N2/c1-3-27(4-2)22-15-13-21(14-16-22)26-18-25-23-11-7-5-9-19(23)17-20-10-6-8-12-24(20)25/h5-18H,3-4H2,1-2H3. The molecule has 0 heterocycles. The van der Waals surface area contributed by atoms with Crippen LogP contribution in [0.25, 0.3) is 21.5 Å². The van der Waals surface area contributed by atoms with Crippen LogP contribution in [-0.2, 0) is 0 Å². The quantitative estimate of drug-likeness (QED) is 0.292. The first kappa shape index (κ1) is 17.3. The Hall–Kier alpha value is -3.13. The third-order valence-electron chi connectivity index (χ3n) is 5.13. The summed E-state index contributed by atoms with van der Waals surface area (Å²) in [6, 6.07) is 27.8. The van der Waals surface area contributed by atoms with Crippen LogP contribution in [0.15, 0.2) is 83.9 Å². The van der Waals surface area contributed by atoms with Crippen molar-refractivity contribution >= 4 is 39.1 Å². The Morgan fingerprint density at radius 3 is 1.85 bits per heavy atom. The molecule has 134 valence electrons. The van der Waals surface area contributed by atoms with E-state index in [9.17, 15) is 0 Å². The number of nitrogens with zero attached hydrogens (tertiary/aromatic N) is 2. The van der Waals surface area contributed by atoms with Crippen molar-refractivity contribution in [2.45, 2.75) is 13.8 Å². The second-order valence-electron chi connectivity index (χ2n) is 6.68. The fourth-order valence-corrected chi connectivity index (χ4v) is 3.67. The minimum Gasteiger partial charge on any atom is -0.372 e. The molecule has 0 saturated heterocycles. The van der Waals surface area contributed by atoms with Gasteiger partial charge >= 0.3 is 0 Å². The predicted octanol–water partition coefficient (Wildman–Crippen LogP) is 6.59. The molecule has 0 aliphatic carbocycles. The van der Waals surface area contributed by atoms with Crippen molar-refractivity contribution in [3.05, 3.63) is 84.4 Å². The van der Waals surface area contributed by atoms with E-state index in [0.717, 1.165) is 18.8 Å². The fourth-order valence-electron chi connectivity index (χ4n) is 3.67. The number of fused-ring (bicyclic) bond motifs is 2. The molecule has 4 rings (SSSR count). The summed E-state index contributed by atoms with van der Waals surface area (Å²) < 4.78 is 0. The Balaban J connectivity index is 1.76. The molecule has 4 aromatic carbocycles. The van der Waals surface area contributed by atoms with E-state index in [2.05, 4.69) is 97.6 Å². The van der Waals surface area contributed by atoms with Gasteiger partial charge in [0, 0.05) is 30.6 Å². The maximum absolute atomic E-state index is 4.79. The van der Waals surface area contributed by atoms with Crippen LogP contribution < -0.4 is 4.90 Å². The maximum Gasteiger partial charge on any atom is 0.0631 e. The molecule has 0 fully saturated rings. The highest BCUT2D eigenvalue weighted by Crippen LogP contribution is 2.28. The third-order valence-corrected chi connectivity index (χ3v) is 5.13. The Labute approximate surface area is 160 Å². The molecule has 0 bridgehead atoms. The Morgan fingerprint density at radius 1 is 0.741 bits per heavy atom. The fraction of sp³-hybridized carbons (Fsp3) is 0.160. The molecule has 2 heteroatoms. The van der Waals surface area contributed by atoms with Gasteiger partial charge in [-0.05, 0) is 65.7 Å². The molecular formula is C25H24N2. The average molecular weight is 352 g/mol. The molecule has 0 unspecified atom stereocenters. The van der Waals surface area contributed by atoms with Crippen molar-refractivity contribution in [2.75, 3.05) is 18.0 Å². The molecule has 0 amide bonds. The number of benzene rings is 4. The number of rotatable bonds is 5. The first-order chi connectivity index (χ1) is 13.3. The summed E-state index contributed by atoms with van der Waals surface area (Å²) in [7, 11) is 0. The summed E-state index contributed by atoms with van der Waals surface area (Å²) in [6.07, 6.45) is 2.01. The molecule has 0 aliphatic rings. The highest BCUT2D eigenvalue weighted by molar-refractivity contribution is 6.13. The van der Waals surface area contributed by atoms with Gasteiger partial charge in [0.05, 0.1) is 5.69 Å². The minimum atomic E-state index is 0.975. The molecule has 0 N–H and O–H groups in total. The van der Waals surface area contributed by atoms with E-state index in [1.807, 2.05) is 6.21 Å². The molecule has 4 aromatic rings. The van der Waals surface area contributed by atoms with Crippen LogP contribution >= 0.6 is 0 Å². The van der Waals surface area contributed by atoms with E-state index in [1.54, 1.807) is 0 Å². The smallest absolute Gasteiger partial charge is 0.0631 e. The van der Waals surface area contributed by atoms with E-state index >= 15 is 0 Å². The van der Waals surface area contributed by atoms with Crippen LogP contribution in [0.4, 0.5) is 11.4 Å².